The maximum Gasteiger partial charge on any atom is 0.181 e. The maximum atomic E-state index is 13.6. The highest BCUT2D eigenvalue weighted by Crippen LogP contribution is 2.25. The number of aromatic nitrogens is 4. The van der Waals surface area contributed by atoms with Crippen LogP contribution in [0, 0.1) is 11.6 Å². The van der Waals surface area contributed by atoms with Crippen molar-refractivity contribution in [3.05, 3.63) is 42.2 Å². The molecule has 0 aliphatic heterocycles. The first-order chi connectivity index (χ1) is 8.25. The van der Waals surface area contributed by atoms with E-state index in [1.165, 1.54) is 0 Å². The average molecular weight is 232 g/mol. The molecule has 6 heteroatoms. The highest BCUT2D eigenvalue weighted by atomic mass is 19.1. The Bertz CT molecular complexity index is 693. The molecule has 4 nitrogen and oxygen atoms in total. The van der Waals surface area contributed by atoms with E-state index in [9.17, 15) is 8.78 Å². The number of rotatable bonds is 1. The molecule has 3 aromatic heterocycles. The van der Waals surface area contributed by atoms with Crippen molar-refractivity contribution in [1.82, 2.24) is 20.2 Å². The normalized spacial score (nSPS) is 10.9. The minimum absolute atomic E-state index is 0.0295. The molecule has 0 bridgehead atoms. The number of pyridine rings is 2. The van der Waals surface area contributed by atoms with E-state index in [0.717, 1.165) is 12.3 Å². The molecular weight excluding hydrogens is 226 g/mol. The Morgan fingerprint density at radius 1 is 1.18 bits per heavy atom. The summed E-state index contributed by atoms with van der Waals surface area (Å²) in [6, 6.07) is 4.24. The molecule has 0 unspecified atom stereocenters. The Balaban J connectivity index is 2.27. The number of fused-ring (bicyclic) bond motifs is 1. The molecular formula is C11H6F2N4. The molecule has 17 heavy (non-hydrogen) atoms. The molecule has 0 aromatic carbocycles. The smallest absolute Gasteiger partial charge is 0.181 e. The van der Waals surface area contributed by atoms with Gasteiger partial charge >= 0.3 is 0 Å². The zero-order chi connectivity index (χ0) is 11.8. The maximum absolute atomic E-state index is 13.6. The number of halogens is 2. The van der Waals surface area contributed by atoms with E-state index in [2.05, 4.69) is 20.2 Å². The van der Waals surface area contributed by atoms with Gasteiger partial charge in [0.25, 0.3) is 0 Å². The second kappa shape index (κ2) is 3.58. The molecule has 0 atom stereocenters. The first-order valence-corrected chi connectivity index (χ1v) is 4.86. The van der Waals surface area contributed by atoms with Crippen LogP contribution in [0.1, 0.15) is 0 Å². The van der Waals surface area contributed by atoms with E-state index < -0.39 is 11.6 Å². The average Bonchev–Trinajstić information content (AvgIpc) is 2.73. The summed E-state index contributed by atoms with van der Waals surface area (Å²) in [4.78, 5) is 7.73. The van der Waals surface area contributed by atoms with Crippen molar-refractivity contribution < 1.29 is 8.78 Å². The lowest BCUT2D eigenvalue weighted by atomic mass is 10.2. The topological polar surface area (TPSA) is 54.5 Å². The van der Waals surface area contributed by atoms with Gasteiger partial charge in [0, 0.05) is 17.6 Å². The Labute approximate surface area is 94.3 Å². The van der Waals surface area contributed by atoms with Crippen LogP contribution in [0.2, 0.25) is 0 Å². The van der Waals surface area contributed by atoms with E-state index in [-0.39, 0.29) is 5.69 Å². The van der Waals surface area contributed by atoms with E-state index in [1.54, 1.807) is 18.3 Å². The fraction of sp³-hybridized carbons (Fsp3) is 0. The van der Waals surface area contributed by atoms with Gasteiger partial charge in [-0.05, 0) is 12.1 Å². The lowest BCUT2D eigenvalue weighted by Crippen LogP contribution is -1.91. The van der Waals surface area contributed by atoms with Crippen LogP contribution in [0.15, 0.2) is 30.6 Å². The van der Waals surface area contributed by atoms with Crippen LogP contribution >= 0.6 is 0 Å². The van der Waals surface area contributed by atoms with Gasteiger partial charge in [-0.25, -0.2) is 18.7 Å². The summed E-state index contributed by atoms with van der Waals surface area (Å²) >= 11 is 0. The summed E-state index contributed by atoms with van der Waals surface area (Å²) in [6.45, 7) is 0. The molecule has 3 aromatic rings. The first-order valence-electron chi connectivity index (χ1n) is 4.86. The second-order valence-electron chi connectivity index (χ2n) is 3.46. The Morgan fingerprint density at radius 2 is 2.06 bits per heavy atom. The van der Waals surface area contributed by atoms with Crippen LogP contribution in [0.4, 0.5) is 8.78 Å². The van der Waals surface area contributed by atoms with Gasteiger partial charge in [0.05, 0.1) is 11.9 Å². The Hall–Kier alpha value is -2.37. The number of hydrogen-bond acceptors (Lipinski definition) is 3. The lowest BCUT2D eigenvalue weighted by Gasteiger charge is -1.99. The number of hydrogen-bond donors (Lipinski definition) is 1. The predicted octanol–water partition coefficient (Wildman–Crippen LogP) is 2.30. The van der Waals surface area contributed by atoms with Crippen LogP contribution in [0.3, 0.4) is 0 Å². The summed E-state index contributed by atoms with van der Waals surface area (Å²) in [5.74, 6) is -1.45. The Kier molecular flexibility index (Phi) is 2.07. The monoisotopic (exact) mass is 232 g/mol. The molecule has 0 aliphatic rings. The first kappa shape index (κ1) is 9.83. The third-order valence-corrected chi connectivity index (χ3v) is 2.37. The van der Waals surface area contributed by atoms with Gasteiger partial charge in [0.1, 0.15) is 11.5 Å². The van der Waals surface area contributed by atoms with Crippen molar-refractivity contribution in [2.45, 2.75) is 0 Å². The third-order valence-electron chi connectivity index (χ3n) is 2.37. The molecule has 3 rings (SSSR count). The molecule has 84 valence electrons. The van der Waals surface area contributed by atoms with Crippen molar-refractivity contribution in [3.63, 3.8) is 0 Å². The van der Waals surface area contributed by atoms with Crippen LogP contribution < -0.4 is 0 Å². The molecule has 0 fully saturated rings. The van der Waals surface area contributed by atoms with Crippen LogP contribution in [0.5, 0.6) is 0 Å². The van der Waals surface area contributed by atoms with E-state index in [1.807, 2.05) is 0 Å². The van der Waals surface area contributed by atoms with Gasteiger partial charge in [-0.2, -0.15) is 5.10 Å². The minimum Gasteiger partial charge on any atom is -0.273 e. The molecule has 3 heterocycles. The van der Waals surface area contributed by atoms with Gasteiger partial charge in [0.2, 0.25) is 0 Å². The van der Waals surface area contributed by atoms with Gasteiger partial charge in [-0.15, -0.1) is 0 Å². The Morgan fingerprint density at radius 3 is 2.88 bits per heavy atom. The van der Waals surface area contributed by atoms with E-state index in [0.29, 0.717) is 16.7 Å². The summed E-state index contributed by atoms with van der Waals surface area (Å²) < 4.78 is 26.3. The summed E-state index contributed by atoms with van der Waals surface area (Å²) in [7, 11) is 0. The fourth-order valence-corrected chi connectivity index (χ4v) is 1.63. The highest BCUT2D eigenvalue weighted by molar-refractivity contribution is 5.89. The fourth-order valence-electron chi connectivity index (χ4n) is 1.63. The molecule has 0 amide bonds. The SMILES string of the molecule is Fc1cnc(-c2[nH]nc3ncccc23)c(F)c1. The van der Waals surface area contributed by atoms with Gasteiger partial charge < -0.3 is 0 Å². The molecule has 0 saturated carbocycles. The number of nitrogens with zero attached hydrogens (tertiary/aromatic N) is 3. The highest BCUT2D eigenvalue weighted by Gasteiger charge is 2.14. The minimum atomic E-state index is -0.737. The van der Waals surface area contributed by atoms with Crippen molar-refractivity contribution in [3.8, 4) is 11.4 Å². The number of aromatic amines is 1. The molecule has 0 radical (unpaired) electrons. The van der Waals surface area contributed by atoms with E-state index >= 15 is 0 Å². The number of nitrogens with one attached hydrogen (secondary N) is 1. The van der Waals surface area contributed by atoms with Crippen LogP contribution in [-0.4, -0.2) is 20.2 Å². The molecule has 1 N–H and O–H groups in total. The zero-order valence-corrected chi connectivity index (χ0v) is 8.48. The standard InChI is InChI=1S/C11H6F2N4/c12-6-4-8(13)10(15-5-6)9-7-2-1-3-14-11(7)17-16-9/h1-5H,(H,14,16,17). The largest absolute Gasteiger partial charge is 0.273 e. The second-order valence-corrected chi connectivity index (χ2v) is 3.46. The third kappa shape index (κ3) is 1.54. The van der Waals surface area contributed by atoms with Gasteiger partial charge in [0.15, 0.2) is 11.5 Å². The zero-order valence-electron chi connectivity index (χ0n) is 8.48. The van der Waals surface area contributed by atoms with Crippen molar-refractivity contribution in [2.24, 2.45) is 0 Å². The molecule has 0 spiro atoms. The number of H-pyrrole nitrogens is 1. The van der Waals surface area contributed by atoms with Crippen molar-refractivity contribution in [2.75, 3.05) is 0 Å². The summed E-state index contributed by atoms with van der Waals surface area (Å²) in [6.07, 6.45) is 2.54. The van der Waals surface area contributed by atoms with Crippen molar-refractivity contribution in [1.29, 1.82) is 0 Å². The quantitative estimate of drug-likeness (QED) is 0.700. The van der Waals surface area contributed by atoms with Crippen LogP contribution in [-0.2, 0) is 0 Å². The van der Waals surface area contributed by atoms with E-state index in [4.69, 9.17) is 0 Å². The lowest BCUT2D eigenvalue weighted by molar-refractivity contribution is 0.576. The molecule has 0 saturated heterocycles. The summed E-state index contributed by atoms with van der Waals surface area (Å²) in [5.41, 5.74) is 0.889. The summed E-state index contributed by atoms with van der Waals surface area (Å²) in [5, 5.41) is 7.22. The van der Waals surface area contributed by atoms with Crippen molar-refractivity contribution >= 4 is 11.0 Å². The van der Waals surface area contributed by atoms with Gasteiger partial charge in [-0.3, -0.25) is 5.10 Å². The van der Waals surface area contributed by atoms with Gasteiger partial charge in [-0.1, -0.05) is 0 Å². The van der Waals surface area contributed by atoms with Crippen LogP contribution in [0.25, 0.3) is 22.4 Å². The predicted molar refractivity (Wildman–Crippen MR) is 57.0 cm³/mol. The molecule has 0 aliphatic carbocycles.